The number of hydrogen-bond donors (Lipinski definition) is 1. The molecule has 1 atom stereocenters. The summed E-state index contributed by atoms with van der Waals surface area (Å²) in [6, 6.07) is 4.09. The number of anilines is 1. The Bertz CT molecular complexity index is 1040. The van der Waals surface area contributed by atoms with Crippen LogP contribution in [0.25, 0.3) is 0 Å². The second kappa shape index (κ2) is 9.35. The summed E-state index contributed by atoms with van der Waals surface area (Å²) in [6.45, 7) is 4.87. The first-order valence-electron chi connectivity index (χ1n) is 10.1. The van der Waals surface area contributed by atoms with Crippen molar-refractivity contribution in [3.63, 3.8) is 0 Å². The molecule has 3 rings (SSSR count). The van der Waals surface area contributed by atoms with E-state index in [0.29, 0.717) is 30.8 Å². The van der Waals surface area contributed by atoms with E-state index in [2.05, 4.69) is 10.4 Å². The van der Waals surface area contributed by atoms with Crippen LogP contribution in [0.5, 0.6) is 0 Å². The normalized spacial score (nSPS) is 20.4. The fourth-order valence-electron chi connectivity index (χ4n) is 3.64. The molecule has 0 aromatic heterocycles. The van der Waals surface area contributed by atoms with Gasteiger partial charge in [-0.3, -0.25) is 14.4 Å². The maximum atomic E-state index is 12.7. The van der Waals surface area contributed by atoms with Crippen LogP contribution in [0.2, 0.25) is 5.02 Å². The van der Waals surface area contributed by atoms with Crippen molar-refractivity contribution in [2.75, 3.05) is 29.9 Å². The van der Waals surface area contributed by atoms with Crippen LogP contribution in [0.15, 0.2) is 23.3 Å². The first-order valence-corrected chi connectivity index (χ1v) is 12.3. The van der Waals surface area contributed by atoms with Crippen molar-refractivity contribution < 1.29 is 22.8 Å². The molecular weight excluding hydrogens is 444 g/mol. The summed E-state index contributed by atoms with van der Waals surface area (Å²) in [6.07, 6.45) is 0.553. The number of sulfone groups is 1. The van der Waals surface area contributed by atoms with E-state index in [0.717, 1.165) is 5.01 Å². The molecule has 1 aromatic rings. The van der Waals surface area contributed by atoms with Crippen LogP contribution < -0.4 is 5.32 Å². The van der Waals surface area contributed by atoms with Crippen LogP contribution in [0.4, 0.5) is 5.69 Å². The van der Waals surface area contributed by atoms with Gasteiger partial charge in [0.15, 0.2) is 9.84 Å². The molecule has 31 heavy (non-hydrogen) atoms. The lowest BCUT2D eigenvalue weighted by molar-refractivity contribution is -0.133. The van der Waals surface area contributed by atoms with Gasteiger partial charge in [0.05, 0.1) is 28.1 Å². The number of halogens is 1. The van der Waals surface area contributed by atoms with Crippen molar-refractivity contribution in [1.29, 1.82) is 0 Å². The summed E-state index contributed by atoms with van der Waals surface area (Å²) in [5.41, 5.74) is 0.876. The van der Waals surface area contributed by atoms with E-state index < -0.39 is 21.8 Å². The van der Waals surface area contributed by atoms with E-state index >= 15 is 0 Å². The Morgan fingerprint density at radius 3 is 2.55 bits per heavy atom. The van der Waals surface area contributed by atoms with Gasteiger partial charge in [-0.05, 0) is 38.5 Å². The SMILES string of the molecule is CCN(CC)C(=O)c1ccc(NC(=O)C2=NN(C3CCS(=O)(=O)C3)C(=O)CC2)cc1Cl. The Kier molecular flexibility index (Phi) is 7.00. The number of benzene rings is 1. The summed E-state index contributed by atoms with van der Waals surface area (Å²) < 4.78 is 23.5. The zero-order valence-corrected chi connectivity index (χ0v) is 19.0. The predicted molar refractivity (Wildman–Crippen MR) is 118 cm³/mol. The molecule has 0 spiro atoms. The van der Waals surface area contributed by atoms with E-state index in [1.165, 1.54) is 6.07 Å². The molecule has 168 valence electrons. The molecule has 9 nitrogen and oxygen atoms in total. The molecule has 1 fully saturated rings. The zero-order valence-electron chi connectivity index (χ0n) is 17.4. The average Bonchev–Trinajstić information content (AvgIpc) is 3.08. The van der Waals surface area contributed by atoms with Gasteiger partial charge in [-0.25, -0.2) is 13.4 Å². The van der Waals surface area contributed by atoms with E-state index in [1.54, 1.807) is 17.0 Å². The Morgan fingerprint density at radius 1 is 1.26 bits per heavy atom. The van der Waals surface area contributed by atoms with Gasteiger partial charge in [0.2, 0.25) is 5.91 Å². The molecule has 0 saturated carbocycles. The highest BCUT2D eigenvalue weighted by atomic mass is 35.5. The molecule has 2 aliphatic rings. The molecule has 1 unspecified atom stereocenters. The fourth-order valence-corrected chi connectivity index (χ4v) is 5.59. The van der Waals surface area contributed by atoms with Crippen LogP contribution in [-0.2, 0) is 19.4 Å². The van der Waals surface area contributed by atoms with Crippen molar-refractivity contribution in [3.8, 4) is 0 Å². The number of hydrogen-bond acceptors (Lipinski definition) is 6. The number of carbonyl (C=O) groups is 3. The van der Waals surface area contributed by atoms with Crippen LogP contribution in [0.1, 0.15) is 43.5 Å². The summed E-state index contributed by atoms with van der Waals surface area (Å²) in [7, 11) is -3.19. The maximum absolute atomic E-state index is 12.7. The average molecular weight is 469 g/mol. The predicted octanol–water partition coefficient (Wildman–Crippen LogP) is 1.93. The highest BCUT2D eigenvalue weighted by Crippen LogP contribution is 2.24. The fraction of sp³-hybridized carbons (Fsp3) is 0.500. The lowest BCUT2D eigenvalue weighted by Gasteiger charge is -2.27. The first-order chi connectivity index (χ1) is 14.6. The zero-order chi connectivity index (χ0) is 22.8. The van der Waals surface area contributed by atoms with Gasteiger partial charge in [0, 0.05) is 31.6 Å². The molecule has 1 aromatic carbocycles. The highest BCUT2D eigenvalue weighted by molar-refractivity contribution is 7.91. The Balaban J connectivity index is 1.73. The second-order valence-electron chi connectivity index (χ2n) is 7.47. The third-order valence-corrected chi connectivity index (χ3v) is 7.45. The number of nitrogens with zero attached hydrogens (tertiary/aromatic N) is 3. The van der Waals surface area contributed by atoms with Crippen molar-refractivity contribution in [3.05, 3.63) is 28.8 Å². The molecule has 3 amide bonds. The van der Waals surface area contributed by atoms with Crippen LogP contribution in [-0.4, -0.2) is 72.4 Å². The summed E-state index contributed by atoms with van der Waals surface area (Å²) >= 11 is 6.27. The molecule has 11 heteroatoms. The minimum atomic E-state index is -3.19. The van der Waals surface area contributed by atoms with Crippen LogP contribution in [0.3, 0.4) is 0 Å². The molecule has 0 aliphatic carbocycles. The molecule has 0 bridgehead atoms. The second-order valence-corrected chi connectivity index (χ2v) is 10.1. The standard InChI is InChI=1S/C20H25ClN4O5S/c1-3-24(4-2)20(28)15-6-5-13(11-16(15)21)22-19(27)17-7-8-18(26)25(23-17)14-9-10-31(29,30)12-14/h5-6,11,14H,3-4,7-10,12H2,1-2H3,(H,22,27). The number of rotatable bonds is 6. The summed E-state index contributed by atoms with van der Waals surface area (Å²) in [5, 5.41) is 8.19. The van der Waals surface area contributed by atoms with Gasteiger partial charge in [0.25, 0.3) is 11.8 Å². The molecule has 2 heterocycles. The van der Waals surface area contributed by atoms with Crippen LogP contribution >= 0.6 is 11.6 Å². The quantitative estimate of drug-likeness (QED) is 0.684. The van der Waals surface area contributed by atoms with Crippen molar-refractivity contribution >= 4 is 50.6 Å². The Labute approximate surface area is 186 Å². The van der Waals surface area contributed by atoms with E-state index in [-0.39, 0.29) is 46.9 Å². The maximum Gasteiger partial charge on any atom is 0.271 e. The van der Waals surface area contributed by atoms with E-state index in [9.17, 15) is 22.8 Å². The minimum Gasteiger partial charge on any atom is -0.339 e. The van der Waals surface area contributed by atoms with Gasteiger partial charge in [-0.1, -0.05) is 11.6 Å². The van der Waals surface area contributed by atoms with Crippen molar-refractivity contribution in [1.82, 2.24) is 9.91 Å². The van der Waals surface area contributed by atoms with E-state index in [1.807, 2.05) is 13.8 Å². The third kappa shape index (κ3) is 5.24. The van der Waals surface area contributed by atoms with Gasteiger partial charge in [-0.2, -0.15) is 5.10 Å². The molecule has 0 radical (unpaired) electrons. The summed E-state index contributed by atoms with van der Waals surface area (Å²) in [5.74, 6) is -1.12. The topological polar surface area (TPSA) is 116 Å². The number of amides is 3. The number of carbonyl (C=O) groups excluding carboxylic acids is 3. The Morgan fingerprint density at radius 2 is 1.97 bits per heavy atom. The number of nitrogens with one attached hydrogen (secondary N) is 1. The van der Waals surface area contributed by atoms with Gasteiger partial charge < -0.3 is 10.2 Å². The smallest absolute Gasteiger partial charge is 0.271 e. The first kappa shape index (κ1) is 23.2. The molecule has 2 aliphatic heterocycles. The van der Waals surface area contributed by atoms with Crippen molar-refractivity contribution in [2.45, 2.75) is 39.2 Å². The lowest BCUT2D eigenvalue weighted by Crippen LogP contribution is -2.42. The molecule has 1 N–H and O–H groups in total. The van der Waals surface area contributed by atoms with Crippen molar-refractivity contribution in [2.24, 2.45) is 5.10 Å². The molecule has 1 saturated heterocycles. The molecular formula is C20H25ClN4O5S. The van der Waals surface area contributed by atoms with E-state index in [4.69, 9.17) is 11.6 Å². The van der Waals surface area contributed by atoms with Gasteiger partial charge >= 0.3 is 0 Å². The summed E-state index contributed by atoms with van der Waals surface area (Å²) in [4.78, 5) is 39.0. The monoisotopic (exact) mass is 468 g/mol. The van der Waals surface area contributed by atoms with Gasteiger partial charge in [-0.15, -0.1) is 0 Å². The van der Waals surface area contributed by atoms with Crippen LogP contribution in [0, 0.1) is 0 Å². The van der Waals surface area contributed by atoms with Gasteiger partial charge in [0.1, 0.15) is 5.71 Å². The third-order valence-electron chi connectivity index (χ3n) is 5.38. The largest absolute Gasteiger partial charge is 0.339 e. The highest BCUT2D eigenvalue weighted by Gasteiger charge is 2.37. The Hall–Kier alpha value is -2.46. The minimum absolute atomic E-state index is 0.00948. The lowest BCUT2D eigenvalue weighted by atomic mass is 10.1. The number of hydrazone groups is 1.